The van der Waals surface area contributed by atoms with Gasteiger partial charge in [-0.3, -0.25) is 0 Å². The summed E-state index contributed by atoms with van der Waals surface area (Å²) in [6.45, 7) is 4.63. The zero-order valence-electron chi connectivity index (χ0n) is 18.1. The summed E-state index contributed by atoms with van der Waals surface area (Å²) in [5, 5.41) is 12.4. The van der Waals surface area contributed by atoms with Gasteiger partial charge in [0, 0.05) is 36.8 Å². The van der Waals surface area contributed by atoms with E-state index < -0.39 is 6.09 Å². The Hall–Kier alpha value is -3.00. The molecule has 3 aromatic rings. The molecule has 0 bridgehead atoms. The Morgan fingerprint density at radius 2 is 1.91 bits per heavy atom. The van der Waals surface area contributed by atoms with Gasteiger partial charge < -0.3 is 14.9 Å². The second-order valence-electron chi connectivity index (χ2n) is 8.19. The van der Waals surface area contributed by atoms with E-state index in [1.54, 1.807) is 23.5 Å². The molecule has 0 spiro atoms. The molecule has 32 heavy (non-hydrogen) atoms. The van der Waals surface area contributed by atoms with Gasteiger partial charge in [-0.2, -0.15) is 0 Å². The molecule has 0 aliphatic carbocycles. The van der Waals surface area contributed by atoms with Crippen LogP contribution in [0.25, 0.3) is 11.1 Å². The van der Waals surface area contributed by atoms with Crippen molar-refractivity contribution in [1.82, 2.24) is 14.9 Å². The molecule has 0 saturated carbocycles. The van der Waals surface area contributed by atoms with Crippen LogP contribution in [0, 0.1) is 18.7 Å². The van der Waals surface area contributed by atoms with E-state index in [9.17, 15) is 14.3 Å². The molecule has 1 amide bonds. The lowest BCUT2D eigenvalue weighted by molar-refractivity contribution is 0.137. The van der Waals surface area contributed by atoms with Crippen LogP contribution in [0.1, 0.15) is 30.0 Å². The minimum absolute atomic E-state index is 0.245. The quantitative estimate of drug-likeness (QED) is 0.515. The number of rotatable bonds is 7. The number of halogens is 1. The molecular formula is C24H27FN4O2S. The van der Waals surface area contributed by atoms with Gasteiger partial charge in [-0.25, -0.2) is 19.2 Å². The largest absolute Gasteiger partial charge is 0.465 e. The molecule has 3 heterocycles. The fraction of sp³-hybridized carbons (Fsp3) is 0.375. The number of piperidine rings is 1. The van der Waals surface area contributed by atoms with Crippen molar-refractivity contribution < 1.29 is 14.3 Å². The number of hydrogen-bond donors (Lipinski definition) is 1. The van der Waals surface area contributed by atoms with Crippen LogP contribution in [-0.4, -0.2) is 45.7 Å². The third kappa shape index (κ3) is 5.62. The maximum absolute atomic E-state index is 13.1. The van der Waals surface area contributed by atoms with Crippen molar-refractivity contribution in [3.63, 3.8) is 0 Å². The average Bonchev–Trinajstić information content (AvgIpc) is 3.22. The monoisotopic (exact) mass is 454 g/mol. The third-order valence-corrected chi connectivity index (χ3v) is 6.78. The number of carboxylic acid groups (broad SMARTS) is 1. The lowest BCUT2D eigenvalue weighted by atomic mass is 9.93. The van der Waals surface area contributed by atoms with Gasteiger partial charge in [-0.1, -0.05) is 12.1 Å². The lowest BCUT2D eigenvalue weighted by Crippen LogP contribution is -2.36. The first kappa shape index (κ1) is 22.2. The number of aryl methyl sites for hydroxylation is 1. The number of anilines is 1. The predicted molar refractivity (Wildman–Crippen MR) is 124 cm³/mol. The maximum atomic E-state index is 13.1. The van der Waals surface area contributed by atoms with E-state index in [4.69, 9.17) is 0 Å². The molecule has 1 saturated heterocycles. The highest BCUT2D eigenvalue weighted by Crippen LogP contribution is 2.26. The summed E-state index contributed by atoms with van der Waals surface area (Å²) in [4.78, 5) is 24.4. The first-order chi connectivity index (χ1) is 15.5. The minimum Gasteiger partial charge on any atom is -0.465 e. The van der Waals surface area contributed by atoms with Gasteiger partial charge >= 0.3 is 6.09 Å². The van der Waals surface area contributed by atoms with Gasteiger partial charge in [-0.15, -0.1) is 11.3 Å². The number of aromatic nitrogens is 2. The highest BCUT2D eigenvalue weighted by molar-refractivity contribution is 7.09. The fourth-order valence-electron chi connectivity index (χ4n) is 4.09. The third-order valence-electron chi connectivity index (χ3n) is 5.96. The first-order valence-corrected chi connectivity index (χ1v) is 11.7. The highest BCUT2D eigenvalue weighted by Gasteiger charge is 2.22. The van der Waals surface area contributed by atoms with Crippen LogP contribution in [0.4, 0.5) is 15.0 Å². The van der Waals surface area contributed by atoms with Gasteiger partial charge in [0.1, 0.15) is 11.6 Å². The van der Waals surface area contributed by atoms with Gasteiger partial charge in [0.05, 0.1) is 17.2 Å². The second kappa shape index (κ2) is 10.1. The van der Waals surface area contributed by atoms with Crippen LogP contribution in [0.3, 0.4) is 0 Å². The molecule has 8 heteroatoms. The lowest BCUT2D eigenvalue weighted by Gasteiger charge is -2.33. The molecule has 1 fully saturated rings. The minimum atomic E-state index is -0.890. The first-order valence-electron chi connectivity index (χ1n) is 10.8. The number of benzene rings is 1. The van der Waals surface area contributed by atoms with E-state index in [0.717, 1.165) is 60.0 Å². The summed E-state index contributed by atoms with van der Waals surface area (Å²) in [7, 11) is 0. The van der Waals surface area contributed by atoms with Crippen LogP contribution in [0.2, 0.25) is 0 Å². The van der Waals surface area contributed by atoms with Crippen molar-refractivity contribution in [1.29, 1.82) is 0 Å². The summed E-state index contributed by atoms with van der Waals surface area (Å²) in [5.74, 6) is 1.20. The number of nitrogens with zero attached hydrogens (tertiary/aromatic N) is 4. The summed E-state index contributed by atoms with van der Waals surface area (Å²) < 4.78 is 13.1. The normalized spacial score (nSPS) is 14.5. The van der Waals surface area contributed by atoms with Crippen LogP contribution < -0.4 is 4.90 Å². The number of thiazole rings is 1. The molecule has 1 aliphatic rings. The predicted octanol–water partition coefficient (Wildman–Crippen LogP) is 5.44. The summed E-state index contributed by atoms with van der Waals surface area (Å²) in [6.07, 6.45) is 3.84. The number of amides is 1. The van der Waals surface area contributed by atoms with Crippen molar-refractivity contribution in [3.05, 3.63) is 64.5 Å². The molecular weight excluding hydrogens is 427 g/mol. The Balaban J connectivity index is 1.27. The van der Waals surface area contributed by atoms with Gasteiger partial charge in [0.25, 0.3) is 0 Å². The van der Waals surface area contributed by atoms with E-state index in [0.29, 0.717) is 19.0 Å². The second-order valence-corrected chi connectivity index (χ2v) is 9.26. The average molecular weight is 455 g/mol. The summed E-state index contributed by atoms with van der Waals surface area (Å²) in [6, 6.07) is 10.5. The number of hydrogen-bond acceptors (Lipinski definition) is 5. The molecule has 0 atom stereocenters. The van der Waals surface area contributed by atoms with E-state index in [2.05, 4.69) is 14.9 Å². The Morgan fingerprint density at radius 1 is 1.19 bits per heavy atom. The highest BCUT2D eigenvalue weighted by atomic mass is 32.1. The standard InChI is InChI=1S/C24H27FN4O2S/c1-17-27-22(16-32-17)15-29(24(30)31)13-10-18-8-11-28(12-9-18)23-7-4-20(14-26-23)19-2-5-21(25)6-3-19/h2-7,14,16,18H,8-13,15H2,1H3,(H,30,31). The fourth-order valence-corrected chi connectivity index (χ4v) is 4.70. The zero-order valence-corrected chi connectivity index (χ0v) is 18.9. The molecule has 2 aromatic heterocycles. The van der Waals surface area contributed by atoms with E-state index in [-0.39, 0.29) is 5.82 Å². The van der Waals surface area contributed by atoms with Crippen LogP contribution in [0.15, 0.2) is 48.0 Å². The molecule has 6 nitrogen and oxygen atoms in total. The molecule has 1 N–H and O–H groups in total. The van der Waals surface area contributed by atoms with Crippen LogP contribution in [-0.2, 0) is 6.54 Å². The van der Waals surface area contributed by atoms with Crippen molar-refractivity contribution in [2.75, 3.05) is 24.5 Å². The SMILES string of the molecule is Cc1nc(CN(CCC2CCN(c3ccc(-c4ccc(F)cc4)cn3)CC2)C(=O)O)cs1. The zero-order chi connectivity index (χ0) is 22.5. The Morgan fingerprint density at radius 3 is 2.50 bits per heavy atom. The Kier molecular flexibility index (Phi) is 6.99. The van der Waals surface area contributed by atoms with Gasteiger partial charge in [0.2, 0.25) is 0 Å². The van der Waals surface area contributed by atoms with Crippen LogP contribution in [0.5, 0.6) is 0 Å². The maximum Gasteiger partial charge on any atom is 0.407 e. The Bertz CT molecular complexity index is 1030. The van der Waals surface area contributed by atoms with Crippen LogP contribution >= 0.6 is 11.3 Å². The van der Waals surface area contributed by atoms with Gasteiger partial charge in [-0.05, 0) is 61.9 Å². The number of carbonyl (C=O) groups is 1. The number of pyridine rings is 1. The summed E-state index contributed by atoms with van der Waals surface area (Å²) >= 11 is 1.55. The smallest absolute Gasteiger partial charge is 0.407 e. The molecule has 0 unspecified atom stereocenters. The van der Waals surface area contributed by atoms with Gasteiger partial charge in [0.15, 0.2) is 0 Å². The molecule has 0 radical (unpaired) electrons. The van der Waals surface area contributed by atoms with Crippen molar-refractivity contribution in [3.8, 4) is 11.1 Å². The summed E-state index contributed by atoms with van der Waals surface area (Å²) in [5.41, 5.74) is 2.73. The molecule has 1 aromatic carbocycles. The Labute approximate surface area is 191 Å². The van der Waals surface area contributed by atoms with E-state index in [1.807, 2.05) is 30.6 Å². The molecule has 1 aliphatic heterocycles. The van der Waals surface area contributed by atoms with E-state index >= 15 is 0 Å². The topological polar surface area (TPSA) is 69.6 Å². The van der Waals surface area contributed by atoms with Crippen molar-refractivity contribution >= 4 is 23.2 Å². The van der Waals surface area contributed by atoms with Crippen molar-refractivity contribution in [2.24, 2.45) is 5.92 Å². The molecule has 168 valence electrons. The molecule has 4 rings (SSSR count). The van der Waals surface area contributed by atoms with E-state index in [1.165, 1.54) is 17.0 Å². The van der Waals surface area contributed by atoms with Crippen molar-refractivity contribution in [2.45, 2.75) is 32.7 Å².